The zero-order chi connectivity index (χ0) is 17.2. The number of sulfonamides is 1. The van der Waals surface area contributed by atoms with Crippen LogP contribution in [0.1, 0.15) is 23.7 Å². The average molecular weight is 385 g/mol. The van der Waals surface area contributed by atoms with Crippen LogP contribution in [0.25, 0.3) is 0 Å². The van der Waals surface area contributed by atoms with Crippen molar-refractivity contribution >= 4 is 49.8 Å². The number of nitrogens with zero attached hydrogens (tertiary/aromatic N) is 3. The standard InChI is InChI=1S/C14H16N4O3S3/c1-2-22-14-17-16-13(23-14)15-12(19)10-4-6-11(7-5-10)18-8-3-9-24(18,20)21/h4-7H,2-3,8-9H2,1H3,(H,15,16,19). The largest absolute Gasteiger partial charge is 0.296 e. The van der Waals surface area contributed by atoms with Crippen molar-refractivity contribution in [3.8, 4) is 0 Å². The number of amides is 1. The van der Waals surface area contributed by atoms with Crippen molar-refractivity contribution in [1.82, 2.24) is 10.2 Å². The fraction of sp³-hybridized carbons (Fsp3) is 0.357. The summed E-state index contributed by atoms with van der Waals surface area (Å²) in [6, 6.07) is 6.52. The quantitative estimate of drug-likeness (QED) is 0.629. The van der Waals surface area contributed by atoms with Crippen LogP contribution in [0.4, 0.5) is 10.8 Å². The van der Waals surface area contributed by atoms with Crippen LogP contribution in [0.15, 0.2) is 28.6 Å². The maximum absolute atomic E-state index is 12.2. The molecule has 7 nitrogen and oxygen atoms in total. The number of benzene rings is 1. The van der Waals surface area contributed by atoms with Gasteiger partial charge in [-0.05, 0) is 36.4 Å². The van der Waals surface area contributed by atoms with Crippen LogP contribution in [0.5, 0.6) is 0 Å². The lowest BCUT2D eigenvalue weighted by Crippen LogP contribution is -2.25. The van der Waals surface area contributed by atoms with Gasteiger partial charge in [-0.25, -0.2) is 8.42 Å². The minimum atomic E-state index is -3.21. The first-order chi connectivity index (χ1) is 11.5. The lowest BCUT2D eigenvalue weighted by molar-refractivity contribution is 0.102. The molecule has 10 heteroatoms. The third-order valence-corrected chi connectivity index (χ3v) is 7.14. The Morgan fingerprint density at radius 2 is 2.08 bits per heavy atom. The minimum Gasteiger partial charge on any atom is -0.296 e. The molecule has 1 amide bonds. The summed E-state index contributed by atoms with van der Waals surface area (Å²) in [6.07, 6.45) is 0.625. The van der Waals surface area contributed by atoms with E-state index in [0.29, 0.717) is 29.3 Å². The summed E-state index contributed by atoms with van der Waals surface area (Å²) in [5.41, 5.74) is 1.02. The van der Waals surface area contributed by atoms with Gasteiger partial charge < -0.3 is 0 Å². The summed E-state index contributed by atoms with van der Waals surface area (Å²) < 4.78 is 26.0. The molecule has 0 saturated carbocycles. The first-order valence-corrected chi connectivity index (χ1v) is 10.8. The Labute approximate surface area is 148 Å². The molecular weight excluding hydrogens is 368 g/mol. The van der Waals surface area contributed by atoms with Crippen molar-refractivity contribution in [3.63, 3.8) is 0 Å². The summed E-state index contributed by atoms with van der Waals surface area (Å²) in [7, 11) is -3.21. The second kappa shape index (κ2) is 7.08. The van der Waals surface area contributed by atoms with Crippen molar-refractivity contribution in [2.45, 2.75) is 17.7 Å². The van der Waals surface area contributed by atoms with Crippen LogP contribution >= 0.6 is 23.1 Å². The smallest absolute Gasteiger partial charge is 0.257 e. The Kier molecular flexibility index (Phi) is 5.07. The Morgan fingerprint density at radius 3 is 2.71 bits per heavy atom. The third-order valence-electron chi connectivity index (χ3n) is 3.41. The number of thioether (sulfide) groups is 1. The Morgan fingerprint density at radius 1 is 1.33 bits per heavy atom. The molecule has 1 aliphatic rings. The number of carbonyl (C=O) groups excluding carboxylic acids is 1. The van der Waals surface area contributed by atoms with Crippen molar-refractivity contribution < 1.29 is 13.2 Å². The number of hydrogen-bond acceptors (Lipinski definition) is 7. The van der Waals surface area contributed by atoms with E-state index < -0.39 is 10.0 Å². The molecule has 1 saturated heterocycles. The molecule has 0 atom stereocenters. The zero-order valence-corrected chi connectivity index (χ0v) is 15.4. The number of anilines is 2. The fourth-order valence-corrected chi connectivity index (χ4v) is 5.53. The Balaban J connectivity index is 1.69. The van der Waals surface area contributed by atoms with Crippen molar-refractivity contribution in [1.29, 1.82) is 0 Å². The highest BCUT2D eigenvalue weighted by molar-refractivity contribution is 8.01. The van der Waals surface area contributed by atoms with E-state index in [9.17, 15) is 13.2 Å². The summed E-state index contributed by atoms with van der Waals surface area (Å²) >= 11 is 2.89. The van der Waals surface area contributed by atoms with Crippen LogP contribution in [-0.4, -0.2) is 42.6 Å². The van der Waals surface area contributed by atoms with E-state index in [0.717, 1.165) is 10.1 Å². The molecule has 2 heterocycles. The molecule has 24 heavy (non-hydrogen) atoms. The second-order valence-corrected chi connectivity index (χ2v) is 9.55. The molecule has 2 aromatic rings. The first-order valence-electron chi connectivity index (χ1n) is 7.38. The molecule has 0 bridgehead atoms. The predicted molar refractivity (Wildman–Crippen MR) is 96.5 cm³/mol. The lowest BCUT2D eigenvalue weighted by atomic mass is 10.2. The van der Waals surface area contributed by atoms with Crippen LogP contribution in [0, 0.1) is 0 Å². The lowest BCUT2D eigenvalue weighted by Gasteiger charge is -2.16. The summed E-state index contributed by atoms with van der Waals surface area (Å²) in [4.78, 5) is 12.2. The van der Waals surface area contributed by atoms with E-state index in [1.54, 1.807) is 36.0 Å². The van der Waals surface area contributed by atoms with Gasteiger partial charge in [0.15, 0.2) is 4.34 Å². The van der Waals surface area contributed by atoms with E-state index in [1.807, 2.05) is 6.92 Å². The normalized spacial score (nSPS) is 16.3. The van der Waals surface area contributed by atoms with Crippen molar-refractivity contribution in [2.75, 3.05) is 27.7 Å². The summed E-state index contributed by atoms with van der Waals surface area (Å²) in [5.74, 6) is 0.767. The first kappa shape index (κ1) is 17.2. The molecule has 1 aromatic heterocycles. The molecule has 1 aromatic carbocycles. The fourth-order valence-electron chi connectivity index (χ4n) is 2.32. The van der Waals surface area contributed by atoms with Crippen LogP contribution in [-0.2, 0) is 10.0 Å². The van der Waals surface area contributed by atoms with Crippen LogP contribution < -0.4 is 9.62 Å². The van der Waals surface area contributed by atoms with E-state index in [1.165, 1.54) is 15.6 Å². The zero-order valence-electron chi connectivity index (χ0n) is 12.9. The van der Waals surface area contributed by atoms with Gasteiger partial charge in [0.2, 0.25) is 15.2 Å². The SMILES string of the molecule is CCSc1nnc(NC(=O)c2ccc(N3CCCS3(=O)=O)cc2)s1. The highest BCUT2D eigenvalue weighted by Crippen LogP contribution is 2.26. The summed E-state index contributed by atoms with van der Waals surface area (Å²) in [6.45, 7) is 2.50. The topological polar surface area (TPSA) is 92.3 Å². The van der Waals surface area contributed by atoms with E-state index in [-0.39, 0.29) is 11.7 Å². The van der Waals surface area contributed by atoms with Crippen molar-refractivity contribution in [3.05, 3.63) is 29.8 Å². The molecule has 128 valence electrons. The molecule has 0 radical (unpaired) electrons. The highest BCUT2D eigenvalue weighted by atomic mass is 32.2. The third kappa shape index (κ3) is 3.70. The van der Waals surface area contributed by atoms with Crippen molar-refractivity contribution in [2.24, 2.45) is 0 Å². The molecule has 0 spiro atoms. The number of rotatable bonds is 5. The predicted octanol–water partition coefficient (Wildman–Crippen LogP) is 2.44. The van der Waals surface area contributed by atoms with Gasteiger partial charge in [-0.2, -0.15) is 0 Å². The Hall–Kier alpha value is -1.65. The molecule has 0 unspecified atom stereocenters. The second-order valence-electron chi connectivity index (χ2n) is 5.05. The van der Waals surface area contributed by atoms with Gasteiger partial charge in [-0.3, -0.25) is 14.4 Å². The van der Waals surface area contributed by atoms with Gasteiger partial charge in [0.1, 0.15) is 0 Å². The molecule has 1 aliphatic heterocycles. The molecular formula is C14H16N4O3S3. The van der Waals surface area contributed by atoms with Gasteiger partial charge in [-0.15, -0.1) is 10.2 Å². The number of hydrogen-bond donors (Lipinski definition) is 1. The number of carbonyl (C=O) groups is 1. The maximum Gasteiger partial charge on any atom is 0.257 e. The van der Waals surface area contributed by atoms with Gasteiger partial charge >= 0.3 is 0 Å². The average Bonchev–Trinajstić information content (AvgIpc) is 3.13. The van der Waals surface area contributed by atoms with E-state index in [2.05, 4.69) is 15.5 Å². The molecule has 3 rings (SSSR count). The molecule has 1 fully saturated rings. The highest BCUT2D eigenvalue weighted by Gasteiger charge is 2.28. The van der Waals surface area contributed by atoms with Gasteiger partial charge in [0.25, 0.3) is 5.91 Å². The van der Waals surface area contributed by atoms with E-state index >= 15 is 0 Å². The maximum atomic E-state index is 12.2. The van der Waals surface area contributed by atoms with Gasteiger partial charge in [0.05, 0.1) is 11.4 Å². The van der Waals surface area contributed by atoms with Crippen LogP contribution in [0.2, 0.25) is 0 Å². The molecule has 1 N–H and O–H groups in total. The number of aromatic nitrogens is 2. The molecule has 0 aliphatic carbocycles. The Bertz CT molecular complexity index is 833. The van der Waals surface area contributed by atoms with E-state index in [4.69, 9.17) is 0 Å². The monoisotopic (exact) mass is 384 g/mol. The number of nitrogens with one attached hydrogen (secondary N) is 1. The minimum absolute atomic E-state index is 0.171. The summed E-state index contributed by atoms with van der Waals surface area (Å²) in [5, 5.41) is 11.1. The van der Waals surface area contributed by atoms with Gasteiger partial charge in [0, 0.05) is 12.1 Å². The van der Waals surface area contributed by atoms with Gasteiger partial charge in [-0.1, -0.05) is 30.0 Å². The van der Waals surface area contributed by atoms with Crippen LogP contribution in [0.3, 0.4) is 0 Å².